The lowest BCUT2D eigenvalue weighted by Gasteiger charge is -2.40. The molecule has 0 saturated carbocycles. The van der Waals surface area contributed by atoms with E-state index in [1.807, 2.05) is 0 Å². The fraction of sp³-hybridized carbons (Fsp3) is 0.846. The molecule has 0 unspecified atom stereocenters. The second-order valence-electron chi connectivity index (χ2n) is 6.55. The Labute approximate surface area is 93.7 Å². The molecule has 0 aromatic carbocycles. The van der Waals surface area contributed by atoms with E-state index in [1.54, 1.807) is 5.70 Å². The Morgan fingerprint density at radius 3 is 2.53 bits per heavy atom. The highest BCUT2D eigenvalue weighted by Crippen LogP contribution is 2.43. The van der Waals surface area contributed by atoms with Crippen molar-refractivity contribution < 1.29 is 0 Å². The van der Waals surface area contributed by atoms with E-state index in [1.165, 1.54) is 24.8 Å². The molecule has 2 aliphatic heterocycles. The maximum atomic E-state index is 3.54. The van der Waals surface area contributed by atoms with Gasteiger partial charge in [-0.25, -0.2) is 5.43 Å². The van der Waals surface area contributed by atoms with Crippen molar-refractivity contribution in [1.82, 2.24) is 10.4 Å². The van der Waals surface area contributed by atoms with Crippen molar-refractivity contribution >= 4 is 0 Å². The fourth-order valence-corrected chi connectivity index (χ4v) is 3.29. The van der Waals surface area contributed by atoms with Crippen LogP contribution in [0.1, 0.15) is 53.9 Å². The monoisotopic (exact) mass is 208 g/mol. The van der Waals surface area contributed by atoms with E-state index in [4.69, 9.17) is 0 Å². The van der Waals surface area contributed by atoms with Crippen LogP contribution in [0.3, 0.4) is 0 Å². The summed E-state index contributed by atoms with van der Waals surface area (Å²) in [6.45, 7) is 12.8. The van der Waals surface area contributed by atoms with E-state index in [9.17, 15) is 0 Å². The molecule has 1 saturated heterocycles. The number of nitrogens with one attached hydrogen (secondary N) is 1. The van der Waals surface area contributed by atoms with Crippen LogP contribution >= 0.6 is 0 Å². The number of hydrogen-bond acceptors (Lipinski definition) is 2. The Hall–Kier alpha value is -0.500. The van der Waals surface area contributed by atoms with Crippen LogP contribution in [-0.4, -0.2) is 17.1 Å². The molecular weight excluding hydrogens is 184 g/mol. The third-order valence-electron chi connectivity index (χ3n) is 3.82. The zero-order valence-electron chi connectivity index (χ0n) is 10.8. The third kappa shape index (κ3) is 1.92. The van der Waals surface area contributed by atoms with Gasteiger partial charge in [-0.1, -0.05) is 13.8 Å². The molecule has 0 radical (unpaired) electrons. The smallest absolute Gasteiger partial charge is 0.0509 e. The first-order valence-electron chi connectivity index (χ1n) is 6.04. The lowest BCUT2D eigenvalue weighted by molar-refractivity contribution is 0.0901. The summed E-state index contributed by atoms with van der Waals surface area (Å²) in [6, 6.07) is 0. The molecule has 0 bridgehead atoms. The van der Waals surface area contributed by atoms with Crippen LogP contribution in [0.5, 0.6) is 0 Å². The summed E-state index contributed by atoms with van der Waals surface area (Å²) in [5.74, 6) is 0. The maximum Gasteiger partial charge on any atom is 0.0509 e. The number of rotatable bonds is 0. The lowest BCUT2D eigenvalue weighted by atomic mass is 9.78. The zero-order chi connectivity index (χ0) is 11.3. The number of hydrogen-bond donors (Lipinski definition) is 1. The van der Waals surface area contributed by atoms with Gasteiger partial charge in [0, 0.05) is 12.2 Å². The molecule has 15 heavy (non-hydrogen) atoms. The topological polar surface area (TPSA) is 15.3 Å². The molecule has 0 aromatic heterocycles. The molecule has 1 fully saturated rings. The van der Waals surface area contributed by atoms with Gasteiger partial charge in [-0.15, -0.1) is 0 Å². The van der Waals surface area contributed by atoms with Gasteiger partial charge in [0.2, 0.25) is 0 Å². The van der Waals surface area contributed by atoms with E-state index < -0.39 is 0 Å². The molecule has 1 N–H and O–H groups in total. The summed E-state index contributed by atoms with van der Waals surface area (Å²) in [7, 11) is 0. The van der Waals surface area contributed by atoms with E-state index in [0.29, 0.717) is 5.41 Å². The Bertz CT molecular complexity index is 300. The van der Waals surface area contributed by atoms with Crippen LogP contribution < -0.4 is 5.43 Å². The molecule has 86 valence electrons. The average Bonchev–Trinajstić information content (AvgIpc) is 2.38. The minimum Gasteiger partial charge on any atom is -0.307 e. The number of hydrazine groups is 1. The van der Waals surface area contributed by atoms with Crippen molar-refractivity contribution in [2.75, 3.05) is 6.54 Å². The van der Waals surface area contributed by atoms with Crippen LogP contribution in [0, 0.1) is 5.41 Å². The van der Waals surface area contributed by atoms with E-state index >= 15 is 0 Å². The molecule has 2 rings (SSSR count). The third-order valence-corrected chi connectivity index (χ3v) is 3.82. The Morgan fingerprint density at radius 1 is 1.20 bits per heavy atom. The van der Waals surface area contributed by atoms with Crippen molar-refractivity contribution in [3.63, 3.8) is 0 Å². The van der Waals surface area contributed by atoms with Gasteiger partial charge in [-0.05, 0) is 51.0 Å². The number of allylic oxidation sites excluding steroid dienone is 1. The molecule has 2 nitrogen and oxygen atoms in total. The standard InChI is InChI=1S/C13H24N2/c1-10-8-14-15-11(10)6-7-12(2,3)9-13(15,4)5/h14H,6-9H2,1-5H3. The van der Waals surface area contributed by atoms with E-state index in [2.05, 4.69) is 45.1 Å². The summed E-state index contributed by atoms with van der Waals surface area (Å²) in [6.07, 6.45) is 3.79. The predicted octanol–water partition coefficient (Wildman–Crippen LogP) is 3.07. The Kier molecular flexibility index (Phi) is 2.38. The molecule has 0 aromatic rings. The molecule has 2 aliphatic rings. The molecule has 0 aliphatic carbocycles. The van der Waals surface area contributed by atoms with Gasteiger partial charge in [-0.2, -0.15) is 0 Å². The van der Waals surface area contributed by atoms with Gasteiger partial charge >= 0.3 is 0 Å². The van der Waals surface area contributed by atoms with Crippen LogP contribution in [0.2, 0.25) is 0 Å². The highest BCUT2D eigenvalue weighted by molar-refractivity contribution is 5.21. The van der Waals surface area contributed by atoms with Gasteiger partial charge in [0.1, 0.15) is 0 Å². The van der Waals surface area contributed by atoms with Crippen molar-refractivity contribution in [1.29, 1.82) is 0 Å². The first-order valence-corrected chi connectivity index (χ1v) is 6.04. The summed E-state index contributed by atoms with van der Waals surface area (Å²) in [4.78, 5) is 0. The largest absolute Gasteiger partial charge is 0.307 e. The number of fused-ring (bicyclic) bond motifs is 1. The second kappa shape index (κ2) is 3.24. The van der Waals surface area contributed by atoms with Crippen LogP contribution in [0.4, 0.5) is 0 Å². The summed E-state index contributed by atoms with van der Waals surface area (Å²) in [5, 5.41) is 2.43. The molecule has 2 heteroatoms. The van der Waals surface area contributed by atoms with Crippen LogP contribution in [0.15, 0.2) is 11.3 Å². The van der Waals surface area contributed by atoms with Crippen molar-refractivity contribution in [3.8, 4) is 0 Å². The van der Waals surface area contributed by atoms with E-state index in [-0.39, 0.29) is 5.54 Å². The minimum atomic E-state index is 0.243. The maximum absolute atomic E-state index is 3.54. The fourth-order valence-electron chi connectivity index (χ4n) is 3.29. The first kappa shape index (κ1) is 11.0. The van der Waals surface area contributed by atoms with Gasteiger partial charge < -0.3 is 5.01 Å². The van der Waals surface area contributed by atoms with Crippen molar-refractivity contribution in [3.05, 3.63) is 11.3 Å². The molecule has 2 heterocycles. The van der Waals surface area contributed by atoms with Crippen molar-refractivity contribution in [2.45, 2.75) is 59.4 Å². The summed E-state index contributed by atoms with van der Waals surface area (Å²) in [5.41, 5.74) is 7.32. The highest BCUT2D eigenvalue weighted by Gasteiger charge is 2.40. The van der Waals surface area contributed by atoms with Gasteiger partial charge in [-0.3, -0.25) is 0 Å². The molecule has 0 atom stereocenters. The Balaban J connectivity index is 2.34. The molecular formula is C13H24N2. The minimum absolute atomic E-state index is 0.243. The summed E-state index contributed by atoms with van der Waals surface area (Å²) < 4.78 is 0. The van der Waals surface area contributed by atoms with Gasteiger partial charge in [0.15, 0.2) is 0 Å². The summed E-state index contributed by atoms with van der Waals surface area (Å²) >= 11 is 0. The normalized spacial score (nSPS) is 29.0. The van der Waals surface area contributed by atoms with E-state index in [0.717, 1.165) is 6.54 Å². The van der Waals surface area contributed by atoms with Crippen LogP contribution in [0.25, 0.3) is 0 Å². The second-order valence-corrected chi connectivity index (χ2v) is 6.55. The predicted molar refractivity (Wildman–Crippen MR) is 64.3 cm³/mol. The average molecular weight is 208 g/mol. The lowest BCUT2D eigenvalue weighted by Crippen LogP contribution is -2.48. The SMILES string of the molecule is CC1=C2CCC(C)(C)CC(C)(C)N2NC1. The van der Waals surface area contributed by atoms with Gasteiger partial charge in [0.05, 0.1) is 5.54 Å². The number of nitrogens with zero attached hydrogens (tertiary/aromatic N) is 1. The van der Waals surface area contributed by atoms with Crippen molar-refractivity contribution in [2.24, 2.45) is 5.41 Å². The molecule has 0 amide bonds. The highest BCUT2D eigenvalue weighted by atomic mass is 15.6. The zero-order valence-corrected chi connectivity index (χ0v) is 10.8. The van der Waals surface area contributed by atoms with Crippen LogP contribution in [-0.2, 0) is 0 Å². The first-order chi connectivity index (χ1) is 6.82. The molecule has 0 spiro atoms. The van der Waals surface area contributed by atoms with Gasteiger partial charge in [0.25, 0.3) is 0 Å². The Morgan fingerprint density at radius 2 is 1.87 bits per heavy atom. The quantitative estimate of drug-likeness (QED) is 0.658.